The molecule has 0 spiro atoms. The summed E-state index contributed by atoms with van der Waals surface area (Å²) < 4.78 is 22.1. The van der Waals surface area contributed by atoms with E-state index in [2.05, 4.69) is 15.5 Å². The first kappa shape index (κ1) is 21.1. The van der Waals surface area contributed by atoms with Crippen LogP contribution in [-0.2, 0) is 13.1 Å². The Morgan fingerprint density at radius 3 is 2.65 bits per heavy atom. The van der Waals surface area contributed by atoms with Gasteiger partial charge >= 0.3 is 0 Å². The minimum Gasteiger partial charge on any atom is -0.454 e. The number of carbonyl (C=O) groups excluding carboxylic acids is 1. The van der Waals surface area contributed by atoms with Crippen LogP contribution in [-0.4, -0.2) is 25.5 Å². The van der Waals surface area contributed by atoms with Crippen LogP contribution in [0.2, 0.25) is 10.0 Å². The second-order valence-corrected chi connectivity index (χ2v) is 7.78. The lowest BCUT2D eigenvalue weighted by Crippen LogP contribution is -2.12. The van der Waals surface area contributed by atoms with Crippen molar-refractivity contribution >= 4 is 34.9 Å². The number of anilines is 1. The van der Waals surface area contributed by atoms with Gasteiger partial charge in [-0.15, -0.1) is 0 Å². The zero-order chi connectivity index (χ0) is 22.1. The molecule has 4 rings (SSSR count). The molecule has 0 radical (unpaired) electrons. The molecule has 31 heavy (non-hydrogen) atoms. The second-order valence-electron chi connectivity index (χ2n) is 7.00. The lowest BCUT2D eigenvalue weighted by molar-refractivity contribution is 0.0994. The van der Waals surface area contributed by atoms with Crippen molar-refractivity contribution in [3.63, 3.8) is 0 Å². The van der Waals surface area contributed by atoms with Gasteiger partial charge in [0.15, 0.2) is 11.6 Å². The molecule has 0 unspecified atom stereocenters. The van der Waals surface area contributed by atoms with Gasteiger partial charge in [0.25, 0.3) is 5.91 Å². The van der Waals surface area contributed by atoms with Crippen molar-refractivity contribution in [3.05, 3.63) is 86.9 Å². The van der Waals surface area contributed by atoms with Crippen LogP contribution in [0, 0.1) is 19.7 Å². The van der Waals surface area contributed by atoms with Crippen molar-refractivity contribution in [2.75, 3.05) is 5.32 Å². The molecule has 0 aliphatic rings. The Hall–Kier alpha value is -3.10. The highest BCUT2D eigenvalue weighted by Gasteiger charge is 2.15. The summed E-state index contributed by atoms with van der Waals surface area (Å²) in [4.78, 5) is 12.5. The maximum atomic E-state index is 13.2. The van der Waals surface area contributed by atoms with Gasteiger partial charge in [-0.3, -0.25) is 14.2 Å². The summed E-state index contributed by atoms with van der Waals surface area (Å²) in [6, 6.07) is 9.14. The predicted molar refractivity (Wildman–Crippen MR) is 115 cm³/mol. The number of carbonyl (C=O) groups is 1. The first-order chi connectivity index (χ1) is 14.8. The first-order valence-electron chi connectivity index (χ1n) is 9.37. The monoisotopic (exact) mass is 461 g/mol. The van der Waals surface area contributed by atoms with Crippen LogP contribution in [0.25, 0.3) is 0 Å². The van der Waals surface area contributed by atoms with E-state index in [1.165, 1.54) is 12.1 Å². The summed E-state index contributed by atoms with van der Waals surface area (Å²) in [6.45, 7) is 4.40. The number of rotatable bonds is 6. The van der Waals surface area contributed by atoms with Gasteiger partial charge in [-0.1, -0.05) is 29.3 Å². The fourth-order valence-corrected chi connectivity index (χ4v) is 3.44. The number of halogens is 3. The maximum Gasteiger partial charge on any atom is 0.292 e. The molecule has 0 saturated carbocycles. The molecule has 0 saturated heterocycles. The minimum absolute atomic E-state index is 0.152. The highest BCUT2D eigenvalue weighted by Crippen LogP contribution is 2.21. The molecular weight excluding hydrogens is 444 g/mol. The SMILES string of the molecule is Cc1nn(Cc2ccc(C(=O)Nc3ccn(Cc4ccc(F)cc4Cl)n3)o2)c(C)c1Cl. The quantitative estimate of drug-likeness (QED) is 0.433. The number of nitrogens with zero attached hydrogens (tertiary/aromatic N) is 4. The molecule has 3 aromatic heterocycles. The van der Waals surface area contributed by atoms with E-state index in [0.29, 0.717) is 40.3 Å². The molecule has 1 aromatic carbocycles. The molecule has 1 amide bonds. The van der Waals surface area contributed by atoms with Gasteiger partial charge in [-0.05, 0) is 43.7 Å². The number of nitrogens with one attached hydrogen (secondary N) is 1. The molecule has 4 aromatic rings. The Bertz CT molecular complexity index is 1260. The van der Waals surface area contributed by atoms with Crippen LogP contribution < -0.4 is 5.32 Å². The number of aryl methyl sites for hydroxylation is 1. The van der Waals surface area contributed by atoms with E-state index < -0.39 is 11.7 Å². The Kier molecular flexibility index (Phi) is 5.84. The fourth-order valence-electron chi connectivity index (χ4n) is 3.08. The molecule has 1 N–H and O–H groups in total. The second kappa shape index (κ2) is 8.56. The zero-order valence-electron chi connectivity index (χ0n) is 16.7. The summed E-state index contributed by atoms with van der Waals surface area (Å²) in [6.07, 6.45) is 1.69. The third-order valence-electron chi connectivity index (χ3n) is 4.71. The molecule has 160 valence electrons. The Morgan fingerprint density at radius 2 is 1.94 bits per heavy atom. The van der Waals surface area contributed by atoms with Crippen LogP contribution in [0.5, 0.6) is 0 Å². The summed E-state index contributed by atoms with van der Waals surface area (Å²) in [7, 11) is 0. The van der Waals surface area contributed by atoms with Crippen LogP contribution in [0.4, 0.5) is 10.2 Å². The molecule has 0 aliphatic carbocycles. The number of amides is 1. The van der Waals surface area contributed by atoms with Crippen molar-refractivity contribution in [2.45, 2.75) is 26.9 Å². The molecule has 7 nitrogen and oxygen atoms in total. The van der Waals surface area contributed by atoms with E-state index in [0.717, 1.165) is 11.4 Å². The number of furan rings is 1. The normalized spacial score (nSPS) is 11.1. The van der Waals surface area contributed by atoms with Crippen LogP contribution >= 0.6 is 23.2 Å². The maximum absolute atomic E-state index is 13.2. The highest BCUT2D eigenvalue weighted by atomic mass is 35.5. The Balaban J connectivity index is 1.40. The number of hydrogen-bond donors (Lipinski definition) is 1. The summed E-state index contributed by atoms with van der Waals surface area (Å²) in [5, 5.41) is 12.3. The van der Waals surface area contributed by atoms with Gasteiger partial charge in [-0.25, -0.2) is 4.39 Å². The van der Waals surface area contributed by atoms with Crippen molar-refractivity contribution < 1.29 is 13.6 Å². The van der Waals surface area contributed by atoms with Gasteiger partial charge in [0.2, 0.25) is 0 Å². The summed E-state index contributed by atoms with van der Waals surface area (Å²) >= 11 is 12.2. The van der Waals surface area contributed by atoms with E-state index in [9.17, 15) is 9.18 Å². The van der Waals surface area contributed by atoms with E-state index in [1.54, 1.807) is 39.8 Å². The first-order valence-corrected chi connectivity index (χ1v) is 10.1. The Morgan fingerprint density at radius 1 is 1.13 bits per heavy atom. The van der Waals surface area contributed by atoms with Crippen LogP contribution in [0.3, 0.4) is 0 Å². The van der Waals surface area contributed by atoms with E-state index in [-0.39, 0.29) is 5.76 Å². The van der Waals surface area contributed by atoms with Crippen molar-refractivity contribution in [1.82, 2.24) is 19.6 Å². The average molecular weight is 462 g/mol. The number of hydrogen-bond acceptors (Lipinski definition) is 4. The fraction of sp³-hybridized carbons (Fsp3) is 0.190. The Labute approximate surface area is 187 Å². The third-order valence-corrected chi connectivity index (χ3v) is 5.61. The van der Waals surface area contributed by atoms with Gasteiger partial charge in [-0.2, -0.15) is 10.2 Å². The van der Waals surface area contributed by atoms with E-state index in [4.69, 9.17) is 27.6 Å². The standard InChI is InChI=1S/C21H18Cl2FN5O2/c1-12-20(23)13(2)29(26-12)11-16-5-6-18(31-16)21(30)25-19-7-8-28(27-19)10-14-3-4-15(24)9-17(14)22/h3-9H,10-11H2,1-2H3,(H,25,27,30). The number of aromatic nitrogens is 4. The molecule has 0 bridgehead atoms. The molecule has 0 fully saturated rings. The largest absolute Gasteiger partial charge is 0.454 e. The lowest BCUT2D eigenvalue weighted by atomic mass is 10.2. The van der Waals surface area contributed by atoms with Crippen molar-refractivity contribution in [1.29, 1.82) is 0 Å². The third kappa shape index (κ3) is 4.65. The smallest absolute Gasteiger partial charge is 0.292 e. The van der Waals surface area contributed by atoms with Gasteiger partial charge in [0, 0.05) is 17.3 Å². The average Bonchev–Trinajstić information content (AvgIpc) is 3.42. The summed E-state index contributed by atoms with van der Waals surface area (Å²) in [5.41, 5.74) is 2.28. The topological polar surface area (TPSA) is 77.9 Å². The van der Waals surface area contributed by atoms with Crippen LogP contribution in [0.15, 0.2) is 47.0 Å². The lowest BCUT2D eigenvalue weighted by Gasteiger charge is -2.05. The predicted octanol–water partition coefficient (Wildman–Crippen LogP) is 5.08. The minimum atomic E-state index is -0.428. The molecule has 0 atom stereocenters. The van der Waals surface area contributed by atoms with Gasteiger partial charge in [0.1, 0.15) is 11.6 Å². The van der Waals surface area contributed by atoms with Crippen molar-refractivity contribution in [3.8, 4) is 0 Å². The molecule has 0 aliphatic heterocycles. The molecule has 10 heteroatoms. The summed E-state index contributed by atoms with van der Waals surface area (Å²) in [5.74, 6) is 0.248. The number of benzene rings is 1. The molecular formula is C21H18Cl2FN5O2. The highest BCUT2D eigenvalue weighted by molar-refractivity contribution is 6.32. The van der Waals surface area contributed by atoms with Crippen molar-refractivity contribution in [2.24, 2.45) is 0 Å². The van der Waals surface area contributed by atoms with E-state index in [1.807, 2.05) is 13.8 Å². The molecule has 3 heterocycles. The van der Waals surface area contributed by atoms with Crippen LogP contribution in [0.1, 0.15) is 33.3 Å². The van der Waals surface area contributed by atoms with Gasteiger partial charge < -0.3 is 9.73 Å². The van der Waals surface area contributed by atoms with Gasteiger partial charge in [0.05, 0.1) is 29.5 Å². The van der Waals surface area contributed by atoms with E-state index >= 15 is 0 Å². The zero-order valence-corrected chi connectivity index (χ0v) is 18.2.